The van der Waals surface area contributed by atoms with E-state index in [9.17, 15) is 4.79 Å². The highest BCUT2D eigenvalue weighted by Crippen LogP contribution is 2.20. The number of benzene rings is 2. The Morgan fingerprint density at radius 1 is 1.12 bits per heavy atom. The van der Waals surface area contributed by atoms with E-state index >= 15 is 0 Å². The first kappa shape index (κ1) is 16.1. The van der Waals surface area contributed by atoms with Gasteiger partial charge < -0.3 is 10.6 Å². The average Bonchev–Trinajstić information content (AvgIpc) is 2.59. The van der Waals surface area contributed by atoms with Crippen LogP contribution in [0.3, 0.4) is 0 Å². The van der Waals surface area contributed by atoms with Crippen LogP contribution < -0.4 is 10.6 Å². The van der Waals surface area contributed by atoms with Crippen LogP contribution in [0, 0.1) is 0 Å². The maximum absolute atomic E-state index is 11.2. The number of para-hydroxylation sites is 1. The van der Waals surface area contributed by atoms with Crippen molar-refractivity contribution in [2.75, 3.05) is 5.32 Å². The average molecular weight is 319 g/mol. The number of anilines is 1. The SMILES string of the molecule is CC(=O)Nc1cccc([C@H](C)NCc2cccc3cccnc23)c1. The molecule has 0 aliphatic heterocycles. The summed E-state index contributed by atoms with van der Waals surface area (Å²) in [6.07, 6.45) is 1.83. The zero-order valence-corrected chi connectivity index (χ0v) is 13.9. The fourth-order valence-electron chi connectivity index (χ4n) is 2.78. The van der Waals surface area contributed by atoms with E-state index in [0.717, 1.165) is 28.7 Å². The van der Waals surface area contributed by atoms with Gasteiger partial charge in [-0.25, -0.2) is 0 Å². The molecule has 0 fully saturated rings. The van der Waals surface area contributed by atoms with Crippen molar-refractivity contribution in [2.24, 2.45) is 0 Å². The monoisotopic (exact) mass is 319 g/mol. The summed E-state index contributed by atoms with van der Waals surface area (Å²) in [6.45, 7) is 4.37. The van der Waals surface area contributed by atoms with Crippen LogP contribution >= 0.6 is 0 Å². The Bertz CT molecular complexity index is 855. The number of nitrogens with one attached hydrogen (secondary N) is 2. The van der Waals surface area contributed by atoms with Gasteiger partial charge in [-0.15, -0.1) is 0 Å². The number of fused-ring (bicyclic) bond motifs is 1. The third-order valence-electron chi connectivity index (χ3n) is 4.02. The summed E-state index contributed by atoms with van der Waals surface area (Å²) in [4.78, 5) is 15.7. The Morgan fingerprint density at radius 2 is 1.92 bits per heavy atom. The summed E-state index contributed by atoms with van der Waals surface area (Å²) in [5.41, 5.74) is 4.17. The lowest BCUT2D eigenvalue weighted by atomic mass is 10.1. The van der Waals surface area contributed by atoms with E-state index in [1.54, 1.807) is 0 Å². The first-order valence-corrected chi connectivity index (χ1v) is 8.07. The van der Waals surface area contributed by atoms with Crippen LogP contribution in [0.2, 0.25) is 0 Å². The predicted octanol–water partition coefficient (Wildman–Crippen LogP) is 4.04. The van der Waals surface area contributed by atoms with E-state index in [1.165, 1.54) is 12.5 Å². The van der Waals surface area contributed by atoms with Crippen molar-refractivity contribution >= 4 is 22.5 Å². The summed E-state index contributed by atoms with van der Waals surface area (Å²) in [6, 6.07) is 18.3. The molecule has 0 aliphatic carbocycles. The Labute approximate surface area is 141 Å². The first-order valence-electron chi connectivity index (χ1n) is 8.07. The Hall–Kier alpha value is -2.72. The van der Waals surface area contributed by atoms with Crippen molar-refractivity contribution in [3.63, 3.8) is 0 Å². The molecular formula is C20H21N3O. The van der Waals surface area contributed by atoms with Gasteiger partial charge >= 0.3 is 0 Å². The number of rotatable bonds is 5. The van der Waals surface area contributed by atoms with Crippen molar-refractivity contribution in [1.82, 2.24) is 10.3 Å². The molecule has 4 nitrogen and oxygen atoms in total. The largest absolute Gasteiger partial charge is 0.326 e. The fraction of sp³-hybridized carbons (Fsp3) is 0.200. The van der Waals surface area contributed by atoms with Gasteiger partial charge in [0, 0.05) is 36.8 Å². The highest BCUT2D eigenvalue weighted by molar-refractivity contribution is 5.88. The second-order valence-corrected chi connectivity index (χ2v) is 5.90. The predicted molar refractivity (Wildman–Crippen MR) is 97.7 cm³/mol. The van der Waals surface area contributed by atoms with Gasteiger partial charge in [0.2, 0.25) is 5.91 Å². The molecule has 3 aromatic rings. The number of carbonyl (C=O) groups excluding carboxylic acids is 1. The van der Waals surface area contributed by atoms with Crippen LogP contribution in [0.5, 0.6) is 0 Å². The van der Waals surface area contributed by atoms with Crippen molar-refractivity contribution in [1.29, 1.82) is 0 Å². The smallest absolute Gasteiger partial charge is 0.221 e. The quantitative estimate of drug-likeness (QED) is 0.746. The third kappa shape index (κ3) is 3.78. The second kappa shape index (κ2) is 7.23. The van der Waals surface area contributed by atoms with Gasteiger partial charge in [-0.3, -0.25) is 9.78 Å². The number of pyridine rings is 1. The minimum atomic E-state index is -0.0606. The molecule has 0 unspecified atom stereocenters. The first-order chi connectivity index (χ1) is 11.6. The highest BCUT2D eigenvalue weighted by atomic mass is 16.1. The fourth-order valence-corrected chi connectivity index (χ4v) is 2.78. The molecule has 0 aliphatic rings. The number of carbonyl (C=O) groups is 1. The Kier molecular flexibility index (Phi) is 4.87. The topological polar surface area (TPSA) is 54.0 Å². The summed E-state index contributed by atoms with van der Waals surface area (Å²) >= 11 is 0. The van der Waals surface area contributed by atoms with E-state index in [4.69, 9.17) is 0 Å². The lowest BCUT2D eigenvalue weighted by Gasteiger charge is -2.16. The van der Waals surface area contributed by atoms with Crippen molar-refractivity contribution in [3.05, 3.63) is 71.9 Å². The molecule has 1 aromatic heterocycles. The highest BCUT2D eigenvalue weighted by Gasteiger charge is 2.08. The van der Waals surface area contributed by atoms with Crippen molar-refractivity contribution < 1.29 is 4.79 Å². The van der Waals surface area contributed by atoms with Crippen LogP contribution in [-0.4, -0.2) is 10.9 Å². The molecule has 122 valence electrons. The second-order valence-electron chi connectivity index (χ2n) is 5.90. The number of aromatic nitrogens is 1. The third-order valence-corrected chi connectivity index (χ3v) is 4.02. The van der Waals surface area contributed by atoms with Crippen molar-refractivity contribution in [2.45, 2.75) is 26.4 Å². The van der Waals surface area contributed by atoms with Crippen LogP contribution in [0.1, 0.15) is 31.0 Å². The Morgan fingerprint density at radius 3 is 2.75 bits per heavy atom. The molecule has 1 amide bonds. The van der Waals surface area contributed by atoms with Crippen LogP contribution in [0.15, 0.2) is 60.8 Å². The molecule has 0 saturated heterocycles. The standard InChI is InChI=1S/C20H21N3O/c1-14(17-7-4-10-19(12-17)23-15(2)24)22-13-18-8-3-6-16-9-5-11-21-20(16)18/h3-12,14,22H,13H2,1-2H3,(H,23,24)/t14-/m0/s1. The van der Waals surface area contributed by atoms with Gasteiger partial charge in [-0.1, -0.05) is 36.4 Å². The summed E-state index contributed by atoms with van der Waals surface area (Å²) in [7, 11) is 0. The molecule has 4 heteroatoms. The maximum Gasteiger partial charge on any atom is 0.221 e. The van der Waals surface area contributed by atoms with Gasteiger partial charge in [0.15, 0.2) is 0 Å². The molecule has 2 N–H and O–H groups in total. The summed E-state index contributed by atoms with van der Waals surface area (Å²) in [5, 5.41) is 7.51. The van der Waals surface area contributed by atoms with Gasteiger partial charge in [0.1, 0.15) is 0 Å². The number of hydrogen-bond acceptors (Lipinski definition) is 3. The molecule has 1 heterocycles. The van der Waals surface area contributed by atoms with Gasteiger partial charge in [0.05, 0.1) is 5.52 Å². The molecule has 2 aromatic carbocycles. The lowest BCUT2D eigenvalue weighted by Crippen LogP contribution is -2.18. The summed E-state index contributed by atoms with van der Waals surface area (Å²) < 4.78 is 0. The normalized spacial score (nSPS) is 12.1. The van der Waals surface area contributed by atoms with E-state index in [2.05, 4.69) is 52.9 Å². The van der Waals surface area contributed by atoms with Gasteiger partial charge in [-0.2, -0.15) is 0 Å². The van der Waals surface area contributed by atoms with E-state index in [-0.39, 0.29) is 11.9 Å². The molecule has 0 saturated carbocycles. The van der Waals surface area contributed by atoms with E-state index in [1.807, 2.05) is 30.5 Å². The van der Waals surface area contributed by atoms with Gasteiger partial charge in [-0.05, 0) is 36.2 Å². The number of nitrogens with zero attached hydrogens (tertiary/aromatic N) is 1. The molecule has 0 spiro atoms. The lowest BCUT2D eigenvalue weighted by molar-refractivity contribution is -0.114. The van der Waals surface area contributed by atoms with Crippen LogP contribution in [0.25, 0.3) is 10.9 Å². The molecule has 24 heavy (non-hydrogen) atoms. The molecule has 0 bridgehead atoms. The molecular weight excluding hydrogens is 298 g/mol. The van der Waals surface area contributed by atoms with Gasteiger partial charge in [0.25, 0.3) is 0 Å². The number of hydrogen-bond donors (Lipinski definition) is 2. The van der Waals surface area contributed by atoms with Crippen LogP contribution in [0.4, 0.5) is 5.69 Å². The van der Waals surface area contributed by atoms with E-state index in [0.29, 0.717) is 0 Å². The zero-order chi connectivity index (χ0) is 16.9. The molecule has 1 atom stereocenters. The van der Waals surface area contributed by atoms with Crippen molar-refractivity contribution in [3.8, 4) is 0 Å². The summed E-state index contributed by atoms with van der Waals surface area (Å²) in [5.74, 6) is -0.0606. The Balaban J connectivity index is 1.73. The minimum absolute atomic E-state index is 0.0606. The molecule has 0 radical (unpaired) electrons. The molecule has 3 rings (SSSR count). The number of amides is 1. The van der Waals surface area contributed by atoms with Crippen LogP contribution in [-0.2, 0) is 11.3 Å². The zero-order valence-electron chi connectivity index (χ0n) is 13.9. The maximum atomic E-state index is 11.2. The minimum Gasteiger partial charge on any atom is -0.326 e. The van der Waals surface area contributed by atoms with E-state index < -0.39 is 0 Å².